The summed E-state index contributed by atoms with van der Waals surface area (Å²) in [5.74, 6) is 0.343. The van der Waals surface area contributed by atoms with E-state index < -0.39 is 6.36 Å². The number of para-hydroxylation sites is 1. The van der Waals surface area contributed by atoms with Crippen molar-refractivity contribution in [3.05, 3.63) is 36.5 Å². The van der Waals surface area contributed by atoms with Crippen LogP contribution in [0.5, 0.6) is 5.75 Å². The minimum absolute atomic E-state index is 0.265. The van der Waals surface area contributed by atoms with E-state index in [1.165, 1.54) is 18.6 Å². The highest BCUT2D eigenvalue weighted by molar-refractivity contribution is 6.01. The fourth-order valence-corrected chi connectivity index (χ4v) is 3.59. The summed E-state index contributed by atoms with van der Waals surface area (Å²) in [4.78, 5) is 4.43. The number of alkyl halides is 3. The molecule has 0 unspecified atom stereocenters. The molecule has 1 aromatic carbocycles. The van der Waals surface area contributed by atoms with Crippen LogP contribution in [0.2, 0.25) is 0 Å². The van der Waals surface area contributed by atoms with Crippen LogP contribution >= 0.6 is 0 Å². The number of hydrogen-bond donors (Lipinski definition) is 2. The maximum atomic E-state index is 12.8. The van der Waals surface area contributed by atoms with E-state index in [2.05, 4.69) is 25.2 Å². The van der Waals surface area contributed by atoms with Crippen molar-refractivity contribution in [1.29, 1.82) is 0 Å². The number of anilines is 1. The first-order chi connectivity index (χ1) is 13.0. The molecule has 142 valence electrons. The van der Waals surface area contributed by atoms with E-state index in [1.54, 1.807) is 24.4 Å². The van der Waals surface area contributed by atoms with Gasteiger partial charge in [0.2, 0.25) is 0 Å². The molecule has 0 spiro atoms. The summed E-state index contributed by atoms with van der Waals surface area (Å²) in [6.45, 7) is 0. The maximum Gasteiger partial charge on any atom is 0.573 e. The Labute approximate surface area is 153 Å². The molecular formula is C19H19F3N4O. The molecule has 27 heavy (non-hydrogen) atoms. The average Bonchev–Trinajstić information content (AvgIpc) is 3.07. The Morgan fingerprint density at radius 1 is 1.07 bits per heavy atom. The molecule has 0 saturated heterocycles. The third-order valence-corrected chi connectivity index (χ3v) is 4.79. The first kappa shape index (κ1) is 17.6. The molecule has 0 radical (unpaired) electrons. The number of rotatable bonds is 4. The van der Waals surface area contributed by atoms with Crippen LogP contribution in [0.3, 0.4) is 0 Å². The van der Waals surface area contributed by atoms with Crippen molar-refractivity contribution in [2.45, 2.75) is 44.5 Å². The number of halogens is 3. The summed E-state index contributed by atoms with van der Waals surface area (Å²) in [7, 11) is 0. The second-order valence-corrected chi connectivity index (χ2v) is 6.68. The molecule has 1 fully saturated rings. The Morgan fingerprint density at radius 2 is 1.85 bits per heavy atom. The van der Waals surface area contributed by atoms with Gasteiger partial charge in [-0.3, -0.25) is 5.10 Å². The number of aromatic nitrogens is 3. The number of benzene rings is 1. The molecule has 2 N–H and O–H groups in total. The van der Waals surface area contributed by atoms with Crippen LogP contribution in [-0.4, -0.2) is 27.6 Å². The van der Waals surface area contributed by atoms with E-state index in [9.17, 15) is 13.2 Å². The molecule has 0 aliphatic heterocycles. The van der Waals surface area contributed by atoms with Gasteiger partial charge in [0.1, 0.15) is 17.3 Å². The summed E-state index contributed by atoms with van der Waals surface area (Å²) < 4.78 is 42.6. The van der Waals surface area contributed by atoms with Crippen LogP contribution in [0.25, 0.3) is 22.2 Å². The van der Waals surface area contributed by atoms with Gasteiger partial charge in [0.25, 0.3) is 0 Å². The quantitative estimate of drug-likeness (QED) is 0.651. The summed E-state index contributed by atoms with van der Waals surface area (Å²) >= 11 is 0. The number of pyridine rings is 1. The second kappa shape index (κ2) is 7.09. The minimum Gasteiger partial charge on any atom is -0.405 e. The van der Waals surface area contributed by atoms with Crippen LogP contribution in [0, 0.1) is 0 Å². The van der Waals surface area contributed by atoms with E-state index in [1.807, 2.05) is 0 Å². The van der Waals surface area contributed by atoms with Crippen LogP contribution in [0.15, 0.2) is 36.5 Å². The van der Waals surface area contributed by atoms with Crippen molar-refractivity contribution in [3.63, 3.8) is 0 Å². The molecule has 1 saturated carbocycles. The fourth-order valence-electron chi connectivity index (χ4n) is 3.59. The van der Waals surface area contributed by atoms with Gasteiger partial charge >= 0.3 is 6.36 Å². The van der Waals surface area contributed by atoms with E-state index in [0.717, 1.165) is 25.7 Å². The molecule has 0 atom stereocenters. The van der Waals surface area contributed by atoms with Crippen molar-refractivity contribution in [3.8, 4) is 17.0 Å². The average molecular weight is 376 g/mol. The number of H-pyrrole nitrogens is 1. The number of ether oxygens (including phenoxy) is 1. The molecule has 1 aliphatic rings. The Bertz CT molecular complexity index is 932. The van der Waals surface area contributed by atoms with Gasteiger partial charge in [0.15, 0.2) is 0 Å². The highest BCUT2D eigenvalue weighted by Gasteiger charge is 2.32. The Balaban J connectivity index is 1.77. The normalized spacial score (nSPS) is 15.8. The van der Waals surface area contributed by atoms with Crippen LogP contribution in [0.1, 0.15) is 32.1 Å². The van der Waals surface area contributed by atoms with E-state index in [0.29, 0.717) is 28.5 Å². The molecule has 8 heteroatoms. The zero-order valence-corrected chi connectivity index (χ0v) is 14.5. The number of nitrogens with one attached hydrogen (secondary N) is 2. The molecular weight excluding hydrogens is 357 g/mol. The predicted octanol–water partition coefficient (Wildman–Crippen LogP) is 5.27. The molecule has 4 rings (SSSR count). The summed E-state index contributed by atoms with van der Waals surface area (Å²) in [6, 6.07) is 8.07. The molecule has 5 nitrogen and oxygen atoms in total. The molecule has 3 aromatic rings. The number of fused-ring (bicyclic) bond motifs is 1. The zero-order valence-electron chi connectivity index (χ0n) is 14.5. The largest absolute Gasteiger partial charge is 0.573 e. The topological polar surface area (TPSA) is 62.8 Å². The highest BCUT2D eigenvalue weighted by Crippen LogP contribution is 2.38. The van der Waals surface area contributed by atoms with Gasteiger partial charge < -0.3 is 10.1 Å². The van der Waals surface area contributed by atoms with E-state index in [4.69, 9.17) is 0 Å². The summed E-state index contributed by atoms with van der Waals surface area (Å²) in [6.07, 6.45) is 2.55. The standard InChI is InChI=1S/C19H19F3N4O/c20-19(21,22)27-15-9-5-4-8-13(15)17-16-14(25-26-17)10-11-23-18(16)24-12-6-2-1-3-7-12/h4-5,8-12H,1-3,6-7H2,(H,23,24)(H,25,26). The van der Waals surface area contributed by atoms with E-state index >= 15 is 0 Å². The lowest BCUT2D eigenvalue weighted by Crippen LogP contribution is -2.22. The van der Waals surface area contributed by atoms with Gasteiger partial charge in [0, 0.05) is 17.8 Å². The van der Waals surface area contributed by atoms with Crippen LogP contribution in [0.4, 0.5) is 19.0 Å². The minimum atomic E-state index is -4.77. The lowest BCUT2D eigenvalue weighted by molar-refractivity contribution is -0.274. The van der Waals surface area contributed by atoms with Gasteiger partial charge in [0.05, 0.1) is 10.9 Å². The SMILES string of the molecule is FC(F)(F)Oc1ccccc1-c1n[nH]c2ccnc(NC3CCCCC3)c12. The van der Waals surface area contributed by atoms with Crippen molar-refractivity contribution in [2.75, 3.05) is 5.32 Å². The third kappa shape index (κ3) is 3.84. The van der Waals surface area contributed by atoms with Gasteiger partial charge in [-0.2, -0.15) is 5.10 Å². The monoisotopic (exact) mass is 376 g/mol. The molecule has 2 aromatic heterocycles. The summed E-state index contributed by atoms with van der Waals surface area (Å²) in [5, 5.41) is 11.3. The third-order valence-electron chi connectivity index (χ3n) is 4.79. The Kier molecular flexibility index (Phi) is 4.63. The van der Waals surface area contributed by atoms with Crippen LogP contribution in [-0.2, 0) is 0 Å². The Hall–Kier alpha value is -2.77. The number of aromatic amines is 1. The van der Waals surface area contributed by atoms with Gasteiger partial charge in [-0.25, -0.2) is 4.98 Å². The van der Waals surface area contributed by atoms with Gasteiger partial charge in [-0.15, -0.1) is 13.2 Å². The lowest BCUT2D eigenvalue weighted by atomic mass is 9.95. The summed E-state index contributed by atoms with van der Waals surface area (Å²) in [5.41, 5.74) is 1.36. The molecule has 0 bridgehead atoms. The smallest absolute Gasteiger partial charge is 0.405 e. The van der Waals surface area contributed by atoms with Crippen molar-refractivity contribution >= 4 is 16.7 Å². The van der Waals surface area contributed by atoms with Crippen molar-refractivity contribution in [1.82, 2.24) is 15.2 Å². The first-order valence-corrected chi connectivity index (χ1v) is 8.96. The number of hydrogen-bond acceptors (Lipinski definition) is 4. The molecule has 2 heterocycles. The van der Waals surface area contributed by atoms with Crippen LogP contribution < -0.4 is 10.1 Å². The van der Waals surface area contributed by atoms with Gasteiger partial charge in [-0.05, 0) is 31.0 Å². The fraction of sp³-hybridized carbons (Fsp3) is 0.368. The second-order valence-electron chi connectivity index (χ2n) is 6.68. The zero-order chi connectivity index (χ0) is 18.9. The predicted molar refractivity (Wildman–Crippen MR) is 96.5 cm³/mol. The maximum absolute atomic E-state index is 12.8. The van der Waals surface area contributed by atoms with E-state index in [-0.39, 0.29) is 11.3 Å². The van der Waals surface area contributed by atoms with Crippen molar-refractivity contribution in [2.24, 2.45) is 0 Å². The lowest BCUT2D eigenvalue weighted by Gasteiger charge is -2.23. The number of nitrogens with zero attached hydrogens (tertiary/aromatic N) is 2. The van der Waals surface area contributed by atoms with Gasteiger partial charge in [-0.1, -0.05) is 31.4 Å². The molecule has 0 amide bonds. The Morgan fingerprint density at radius 3 is 2.63 bits per heavy atom. The molecule has 1 aliphatic carbocycles. The van der Waals surface area contributed by atoms with Crippen molar-refractivity contribution < 1.29 is 17.9 Å². The highest BCUT2D eigenvalue weighted by atomic mass is 19.4. The first-order valence-electron chi connectivity index (χ1n) is 8.96.